The molecule has 0 aromatic heterocycles. The van der Waals surface area contributed by atoms with Crippen LogP contribution < -0.4 is 5.73 Å². The molecule has 0 saturated carbocycles. The van der Waals surface area contributed by atoms with E-state index in [1.165, 1.54) is 0 Å². The van der Waals surface area contributed by atoms with Gasteiger partial charge in [0.25, 0.3) is 5.69 Å². The summed E-state index contributed by atoms with van der Waals surface area (Å²) in [5.41, 5.74) is 4.86. The Morgan fingerprint density at radius 1 is 1.62 bits per heavy atom. The monoisotopic (exact) mass is 239 g/mol. The van der Waals surface area contributed by atoms with Crippen LogP contribution in [-0.4, -0.2) is 16.6 Å². The Morgan fingerprint density at radius 3 is 2.69 bits per heavy atom. The standard InChI is InChI=1S/C9H6ClN3O3/c10-3-8(14)7-2-6(13(15)16)1-5(4-11)9(7)12/h1-2H,3,12H2. The number of nitriles is 1. The van der Waals surface area contributed by atoms with Crippen LogP contribution in [-0.2, 0) is 0 Å². The molecule has 0 atom stereocenters. The van der Waals surface area contributed by atoms with Crippen LogP contribution in [0.15, 0.2) is 12.1 Å². The molecule has 0 saturated heterocycles. The van der Waals surface area contributed by atoms with Gasteiger partial charge in [0.15, 0.2) is 5.78 Å². The highest BCUT2D eigenvalue weighted by Crippen LogP contribution is 2.25. The van der Waals surface area contributed by atoms with E-state index in [9.17, 15) is 14.9 Å². The van der Waals surface area contributed by atoms with E-state index in [2.05, 4.69) is 0 Å². The van der Waals surface area contributed by atoms with Crippen LogP contribution in [0, 0.1) is 21.4 Å². The Kier molecular flexibility index (Phi) is 3.43. The SMILES string of the molecule is N#Cc1cc([N+](=O)[O-])cc(C(=O)CCl)c1N. The van der Waals surface area contributed by atoms with E-state index in [-0.39, 0.29) is 28.4 Å². The van der Waals surface area contributed by atoms with Gasteiger partial charge in [0.2, 0.25) is 0 Å². The molecule has 6 nitrogen and oxygen atoms in total. The predicted octanol–water partition coefficient (Wildman–Crippen LogP) is 1.47. The molecular weight excluding hydrogens is 234 g/mol. The summed E-state index contributed by atoms with van der Waals surface area (Å²) in [5.74, 6) is -0.907. The summed E-state index contributed by atoms with van der Waals surface area (Å²) in [4.78, 5) is 21.2. The molecule has 1 aromatic rings. The van der Waals surface area contributed by atoms with Crippen molar-refractivity contribution in [3.05, 3.63) is 33.4 Å². The first kappa shape index (κ1) is 11.9. The number of carbonyl (C=O) groups is 1. The molecule has 0 radical (unpaired) electrons. The van der Waals surface area contributed by atoms with Crippen molar-refractivity contribution in [2.24, 2.45) is 0 Å². The number of hydrogen-bond donors (Lipinski definition) is 1. The number of nitrogens with two attached hydrogens (primary N) is 1. The third-order valence-electron chi connectivity index (χ3n) is 1.92. The number of Topliss-reactive ketones (excluding diaryl/α,β-unsaturated/α-hetero) is 1. The number of alkyl halides is 1. The van der Waals surface area contributed by atoms with Crippen molar-refractivity contribution in [1.29, 1.82) is 5.26 Å². The van der Waals surface area contributed by atoms with E-state index in [0.717, 1.165) is 12.1 Å². The maximum Gasteiger partial charge on any atom is 0.271 e. The average molecular weight is 240 g/mol. The summed E-state index contributed by atoms with van der Waals surface area (Å²) in [6, 6.07) is 3.71. The van der Waals surface area contributed by atoms with E-state index in [4.69, 9.17) is 22.6 Å². The molecule has 1 aromatic carbocycles. The summed E-state index contributed by atoms with van der Waals surface area (Å²) >= 11 is 5.33. The maximum atomic E-state index is 11.3. The maximum absolute atomic E-state index is 11.3. The molecule has 16 heavy (non-hydrogen) atoms. The summed E-state index contributed by atoms with van der Waals surface area (Å²) in [5, 5.41) is 19.3. The molecular formula is C9H6ClN3O3. The Bertz CT molecular complexity index is 507. The second-order valence-corrected chi connectivity index (χ2v) is 3.15. The van der Waals surface area contributed by atoms with Crippen LogP contribution in [0.3, 0.4) is 0 Å². The lowest BCUT2D eigenvalue weighted by atomic mass is 10.0. The minimum absolute atomic E-state index is 0.0845. The van der Waals surface area contributed by atoms with Crippen molar-refractivity contribution < 1.29 is 9.72 Å². The molecule has 82 valence electrons. The number of anilines is 1. The van der Waals surface area contributed by atoms with Crippen molar-refractivity contribution in [3.63, 3.8) is 0 Å². The number of nitro benzene ring substituents is 1. The lowest BCUT2D eigenvalue weighted by Crippen LogP contribution is -2.07. The first-order valence-electron chi connectivity index (χ1n) is 4.08. The zero-order valence-electron chi connectivity index (χ0n) is 7.94. The largest absolute Gasteiger partial charge is 0.397 e. The van der Waals surface area contributed by atoms with Crippen molar-refractivity contribution in [3.8, 4) is 6.07 Å². The smallest absolute Gasteiger partial charge is 0.271 e. The number of non-ortho nitro benzene ring substituents is 1. The van der Waals surface area contributed by atoms with Crippen LogP contribution in [0.4, 0.5) is 11.4 Å². The number of benzene rings is 1. The third-order valence-corrected chi connectivity index (χ3v) is 2.16. The number of rotatable bonds is 3. The fourth-order valence-electron chi connectivity index (χ4n) is 1.14. The van der Waals surface area contributed by atoms with Gasteiger partial charge in [-0.25, -0.2) is 0 Å². The fraction of sp³-hybridized carbons (Fsp3) is 0.111. The number of nitrogens with zero attached hydrogens (tertiary/aromatic N) is 2. The first-order chi connectivity index (χ1) is 7.51. The highest BCUT2D eigenvalue weighted by molar-refractivity contribution is 6.31. The van der Waals surface area contributed by atoms with Gasteiger partial charge in [-0.1, -0.05) is 0 Å². The van der Waals surface area contributed by atoms with E-state index in [0.29, 0.717) is 0 Å². The van der Waals surface area contributed by atoms with Gasteiger partial charge in [-0.3, -0.25) is 14.9 Å². The average Bonchev–Trinajstić information content (AvgIpc) is 2.28. The van der Waals surface area contributed by atoms with Gasteiger partial charge in [-0.2, -0.15) is 5.26 Å². The van der Waals surface area contributed by atoms with Crippen LogP contribution in [0.25, 0.3) is 0 Å². The van der Waals surface area contributed by atoms with E-state index in [1.807, 2.05) is 0 Å². The Hall–Kier alpha value is -2.13. The number of hydrogen-bond acceptors (Lipinski definition) is 5. The minimum atomic E-state index is -0.703. The summed E-state index contributed by atoms with van der Waals surface area (Å²) in [6.07, 6.45) is 0. The Balaban J connectivity index is 3.49. The van der Waals surface area contributed by atoms with Crippen molar-refractivity contribution in [1.82, 2.24) is 0 Å². The first-order valence-corrected chi connectivity index (χ1v) is 4.62. The fourth-order valence-corrected chi connectivity index (χ4v) is 1.28. The normalized spacial score (nSPS) is 9.50. The molecule has 0 aliphatic rings. The van der Waals surface area contributed by atoms with E-state index >= 15 is 0 Å². The minimum Gasteiger partial charge on any atom is -0.397 e. The molecule has 0 unspecified atom stereocenters. The zero-order chi connectivity index (χ0) is 12.3. The molecule has 7 heteroatoms. The van der Waals surface area contributed by atoms with Crippen LogP contribution in [0.5, 0.6) is 0 Å². The van der Waals surface area contributed by atoms with E-state index in [1.54, 1.807) is 6.07 Å². The number of halogens is 1. The molecule has 0 fully saturated rings. The van der Waals surface area contributed by atoms with Gasteiger partial charge in [0, 0.05) is 17.7 Å². The molecule has 1 rings (SSSR count). The lowest BCUT2D eigenvalue weighted by molar-refractivity contribution is -0.384. The Labute approximate surface area is 95.4 Å². The second-order valence-electron chi connectivity index (χ2n) is 2.88. The van der Waals surface area contributed by atoms with Gasteiger partial charge >= 0.3 is 0 Å². The van der Waals surface area contributed by atoms with Gasteiger partial charge in [0.1, 0.15) is 6.07 Å². The molecule has 0 amide bonds. The van der Waals surface area contributed by atoms with Crippen LogP contribution in [0.1, 0.15) is 15.9 Å². The molecule has 0 spiro atoms. The van der Waals surface area contributed by atoms with Crippen molar-refractivity contribution in [2.45, 2.75) is 0 Å². The van der Waals surface area contributed by atoms with Crippen molar-refractivity contribution >= 4 is 28.8 Å². The van der Waals surface area contributed by atoms with Gasteiger partial charge in [-0.15, -0.1) is 11.6 Å². The highest BCUT2D eigenvalue weighted by Gasteiger charge is 2.18. The number of carbonyl (C=O) groups excluding carboxylic acids is 1. The Morgan fingerprint density at radius 2 is 2.25 bits per heavy atom. The number of nitrogen functional groups attached to an aromatic ring is 1. The molecule has 0 aliphatic heterocycles. The molecule has 0 bridgehead atoms. The molecule has 2 N–H and O–H groups in total. The third kappa shape index (κ3) is 2.10. The quantitative estimate of drug-likeness (QED) is 0.282. The van der Waals surface area contributed by atoms with Crippen LogP contribution >= 0.6 is 11.6 Å². The second kappa shape index (κ2) is 4.59. The van der Waals surface area contributed by atoms with Gasteiger partial charge < -0.3 is 5.73 Å². The number of ketones is 1. The van der Waals surface area contributed by atoms with E-state index < -0.39 is 10.7 Å². The highest BCUT2D eigenvalue weighted by atomic mass is 35.5. The summed E-state index contributed by atoms with van der Waals surface area (Å²) < 4.78 is 0. The number of nitro groups is 1. The zero-order valence-corrected chi connectivity index (χ0v) is 8.69. The van der Waals surface area contributed by atoms with Gasteiger partial charge in [0.05, 0.1) is 22.1 Å². The molecule has 0 aliphatic carbocycles. The van der Waals surface area contributed by atoms with Crippen LogP contribution in [0.2, 0.25) is 0 Å². The van der Waals surface area contributed by atoms with Crippen molar-refractivity contribution in [2.75, 3.05) is 11.6 Å². The summed E-state index contributed by atoms with van der Waals surface area (Å²) in [7, 11) is 0. The topological polar surface area (TPSA) is 110 Å². The molecule has 0 heterocycles. The predicted molar refractivity (Wildman–Crippen MR) is 57.3 cm³/mol. The lowest BCUT2D eigenvalue weighted by Gasteiger charge is -2.04. The summed E-state index contributed by atoms with van der Waals surface area (Å²) in [6.45, 7) is 0. The van der Waals surface area contributed by atoms with Gasteiger partial charge in [-0.05, 0) is 0 Å².